The molecule has 0 saturated heterocycles. The molecule has 0 bridgehead atoms. The van der Waals surface area contributed by atoms with Gasteiger partial charge in [0.2, 0.25) is 10.0 Å². The summed E-state index contributed by atoms with van der Waals surface area (Å²) in [5.41, 5.74) is 0.888. The summed E-state index contributed by atoms with van der Waals surface area (Å²) in [7, 11) is -3.74. The fraction of sp³-hybridized carbons (Fsp3) is 0.118. The van der Waals surface area contributed by atoms with E-state index in [1.807, 2.05) is 24.5 Å². The van der Waals surface area contributed by atoms with Crippen LogP contribution in [0.4, 0.5) is 5.69 Å². The quantitative estimate of drug-likeness (QED) is 0.613. The Kier molecular flexibility index (Phi) is 6.04. The van der Waals surface area contributed by atoms with Gasteiger partial charge in [-0.1, -0.05) is 18.1 Å². The number of hydrogen-bond acceptors (Lipinski definition) is 4. The van der Waals surface area contributed by atoms with Gasteiger partial charge in [0.15, 0.2) is 0 Å². The molecule has 2 aromatic rings. The molecule has 0 aromatic heterocycles. The zero-order chi connectivity index (χ0) is 17.6. The molecule has 0 aliphatic heterocycles. The first-order valence-corrected chi connectivity index (χ1v) is 9.65. The summed E-state index contributed by atoms with van der Waals surface area (Å²) in [5.74, 6) is 1.82. The number of sulfonamides is 1. The van der Waals surface area contributed by atoms with Crippen LogP contribution in [0.2, 0.25) is 0 Å². The largest absolute Gasteiger partial charge is 0.322 e. The van der Waals surface area contributed by atoms with E-state index in [0.717, 1.165) is 4.90 Å². The zero-order valence-electron chi connectivity index (χ0n) is 12.9. The molecular weight excluding hydrogens is 344 g/mol. The van der Waals surface area contributed by atoms with Crippen molar-refractivity contribution in [3.05, 3.63) is 54.1 Å². The number of amides is 1. The Balaban J connectivity index is 2.21. The average Bonchev–Trinajstić information content (AvgIpc) is 2.60. The van der Waals surface area contributed by atoms with E-state index < -0.39 is 10.0 Å². The maximum atomic E-state index is 12.3. The van der Waals surface area contributed by atoms with Gasteiger partial charge in [-0.25, -0.2) is 8.42 Å². The number of nitrogens with one attached hydrogen (secondary N) is 2. The highest BCUT2D eigenvalue weighted by Crippen LogP contribution is 2.20. The molecule has 0 aliphatic rings. The Bertz CT molecular complexity index is 887. The summed E-state index contributed by atoms with van der Waals surface area (Å²) >= 11 is 1.56. The molecule has 2 N–H and O–H groups in total. The first-order chi connectivity index (χ1) is 11.5. The van der Waals surface area contributed by atoms with Gasteiger partial charge in [-0.15, -0.1) is 18.2 Å². The number of thioether (sulfide) groups is 1. The van der Waals surface area contributed by atoms with Crippen LogP contribution in [-0.4, -0.2) is 27.1 Å². The number of carbonyl (C=O) groups excluding carboxylic acids is 1. The second-order valence-electron chi connectivity index (χ2n) is 4.74. The van der Waals surface area contributed by atoms with Crippen molar-refractivity contribution in [2.75, 3.05) is 18.1 Å². The van der Waals surface area contributed by atoms with E-state index in [9.17, 15) is 13.2 Å². The number of hydrogen-bond donors (Lipinski definition) is 2. The fourth-order valence-electron chi connectivity index (χ4n) is 1.93. The molecule has 0 heterocycles. The van der Waals surface area contributed by atoms with Crippen molar-refractivity contribution in [3.8, 4) is 12.3 Å². The third-order valence-electron chi connectivity index (χ3n) is 3.10. The molecule has 0 fully saturated rings. The minimum absolute atomic E-state index is 0.0109. The lowest BCUT2D eigenvalue weighted by Crippen LogP contribution is -2.24. The molecule has 2 rings (SSSR count). The molecule has 0 atom stereocenters. The van der Waals surface area contributed by atoms with Crippen LogP contribution in [0.1, 0.15) is 10.4 Å². The average molecular weight is 360 g/mol. The van der Waals surface area contributed by atoms with Crippen LogP contribution in [0.15, 0.2) is 58.3 Å². The highest BCUT2D eigenvalue weighted by Gasteiger charge is 2.15. The highest BCUT2D eigenvalue weighted by molar-refractivity contribution is 7.98. The van der Waals surface area contributed by atoms with E-state index in [1.165, 1.54) is 18.2 Å². The molecule has 2 aromatic carbocycles. The molecule has 124 valence electrons. The van der Waals surface area contributed by atoms with Gasteiger partial charge >= 0.3 is 0 Å². The number of carbonyl (C=O) groups is 1. The third kappa shape index (κ3) is 4.61. The molecule has 7 heteroatoms. The Morgan fingerprint density at radius 1 is 1.21 bits per heavy atom. The third-order valence-corrected chi connectivity index (χ3v) is 5.22. The van der Waals surface area contributed by atoms with Crippen molar-refractivity contribution in [1.29, 1.82) is 0 Å². The summed E-state index contributed by atoms with van der Waals surface area (Å²) < 4.78 is 26.4. The smallest absolute Gasteiger partial charge is 0.255 e. The Morgan fingerprint density at radius 3 is 2.67 bits per heavy atom. The van der Waals surface area contributed by atoms with Crippen LogP contribution in [0.25, 0.3) is 0 Å². The van der Waals surface area contributed by atoms with Gasteiger partial charge in [-0.2, -0.15) is 4.72 Å². The molecular formula is C17H16N2O3S2. The minimum Gasteiger partial charge on any atom is -0.322 e. The van der Waals surface area contributed by atoms with Crippen LogP contribution >= 0.6 is 11.8 Å². The van der Waals surface area contributed by atoms with Crippen LogP contribution in [0.3, 0.4) is 0 Å². The Labute approximate surface area is 145 Å². The van der Waals surface area contributed by atoms with Crippen molar-refractivity contribution in [2.45, 2.75) is 9.79 Å². The Morgan fingerprint density at radius 2 is 1.96 bits per heavy atom. The van der Waals surface area contributed by atoms with Gasteiger partial charge in [0, 0.05) is 16.1 Å². The van der Waals surface area contributed by atoms with Crippen LogP contribution in [0, 0.1) is 12.3 Å². The molecule has 0 saturated carbocycles. The van der Waals surface area contributed by atoms with E-state index in [0.29, 0.717) is 5.69 Å². The van der Waals surface area contributed by atoms with Crippen molar-refractivity contribution in [1.82, 2.24) is 4.72 Å². The zero-order valence-corrected chi connectivity index (χ0v) is 14.6. The van der Waals surface area contributed by atoms with Crippen molar-refractivity contribution < 1.29 is 13.2 Å². The predicted octanol–water partition coefficient (Wildman–Crippen LogP) is 2.57. The van der Waals surface area contributed by atoms with Crippen molar-refractivity contribution in [2.24, 2.45) is 0 Å². The van der Waals surface area contributed by atoms with Gasteiger partial charge in [-0.05, 0) is 42.7 Å². The first-order valence-electron chi connectivity index (χ1n) is 6.95. The van der Waals surface area contributed by atoms with E-state index in [-0.39, 0.29) is 22.9 Å². The van der Waals surface area contributed by atoms with Gasteiger partial charge in [0.25, 0.3) is 5.91 Å². The summed E-state index contributed by atoms with van der Waals surface area (Å²) in [6.07, 6.45) is 7.00. The molecule has 1 amide bonds. The lowest BCUT2D eigenvalue weighted by molar-refractivity contribution is 0.102. The molecule has 24 heavy (non-hydrogen) atoms. The lowest BCUT2D eigenvalue weighted by atomic mass is 10.2. The van der Waals surface area contributed by atoms with Crippen molar-refractivity contribution in [3.63, 3.8) is 0 Å². The number of benzene rings is 2. The molecule has 0 spiro atoms. The SMILES string of the molecule is C#CCNS(=O)(=O)c1cccc(C(=O)Nc2cccc(SC)c2)c1. The predicted molar refractivity (Wildman–Crippen MR) is 96.6 cm³/mol. The summed E-state index contributed by atoms with van der Waals surface area (Å²) in [6, 6.07) is 13.2. The van der Waals surface area contributed by atoms with Crippen molar-refractivity contribution >= 4 is 33.4 Å². The topological polar surface area (TPSA) is 75.3 Å². The van der Waals surface area contributed by atoms with Crippen LogP contribution < -0.4 is 10.0 Å². The normalized spacial score (nSPS) is 10.8. The van der Waals surface area contributed by atoms with E-state index in [4.69, 9.17) is 6.42 Å². The van der Waals surface area contributed by atoms with Gasteiger partial charge < -0.3 is 5.32 Å². The van der Waals surface area contributed by atoms with Gasteiger partial charge in [-0.3, -0.25) is 4.79 Å². The number of rotatable bonds is 6. The lowest BCUT2D eigenvalue weighted by Gasteiger charge is -2.08. The molecule has 5 nitrogen and oxygen atoms in total. The number of terminal acetylenes is 1. The monoisotopic (exact) mass is 360 g/mol. The van der Waals surface area contributed by atoms with Crippen LogP contribution in [-0.2, 0) is 10.0 Å². The minimum atomic E-state index is -3.74. The summed E-state index contributed by atoms with van der Waals surface area (Å²) in [5, 5.41) is 2.75. The van der Waals surface area contributed by atoms with E-state index in [1.54, 1.807) is 23.9 Å². The van der Waals surface area contributed by atoms with E-state index >= 15 is 0 Å². The molecule has 0 radical (unpaired) electrons. The first kappa shape index (κ1) is 18.1. The van der Waals surface area contributed by atoms with E-state index in [2.05, 4.69) is 16.0 Å². The molecule has 0 unspecified atom stereocenters. The maximum absolute atomic E-state index is 12.3. The Hall–Kier alpha value is -2.27. The second-order valence-corrected chi connectivity index (χ2v) is 7.39. The standard InChI is InChI=1S/C17H16N2O3S2/c1-3-10-18-24(21,22)16-9-4-6-13(11-16)17(20)19-14-7-5-8-15(12-14)23-2/h1,4-9,11-12,18H,10H2,2H3,(H,19,20). The number of anilines is 1. The van der Waals surface area contributed by atoms with Crippen LogP contribution in [0.5, 0.6) is 0 Å². The second kappa shape index (κ2) is 8.02. The fourth-order valence-corrected chi connectivity index (χ4v) is 3.37. The molecule has 0 aliphatic carbocycles. The van der Waals surface area contributed by atoms with Gasteiger partial charge in [0.1, 0.15) is 0 Å². The highest BCUT2D eigenvalue weighted by atomic mass is 32.2. The maximum Gasteiger partial charge on any atom is 0.255 e. The summed E-state index contributed by atoms with van der Waals surface area (Å²) in [6.45, 7) is -0.111. The summed E-state index contributed by atoms with van der Waals surface area (Å²) in [4.78, 5) is 13.3. The van der Waals surface area contributed by atoms with Gasteiger partial charge in [0.05, 0.1) is 11.4 Å².